The van der Waals surface area contributed by atoms with Gasteiger partial charge in [-0.05, 0) is 44.0 Å². The van der Waals surface area contributed by atoms with Crippen LogP contribution in [0.4, 0.5) is 4.39 Å². The van der Waals surface area contributed by atoms with Crippen LogP contribution in [0.15, 0.2) is 18.2 Å². The lowest BCUT2D eigenvalue weighted by atomic mass is 10.1. The molecule has 0 saturated carbocycles. The van der Waals surface area contributed by atoms with Crippen LogP contribution in [0.5, 0.6) is 0 Å². The van der Waals surface area contributed by atoms with Gasteiger partial charge in [0.05, 0.1) is 13.2 Å². The molecular formula is C14H22FNO2. The van der Waals surface area contributed by atoms with Crippen molar-refractivity contribution in [1.82, 2.24) is 5.32 Å². The summed E-state index contributed by atoms with van der Waals surface area (Å²) in [6.07, 6.45) is 0.874. The van der Waals surface area contributed by atoms with Gasteiger partial charge in [0.15, 0.2) is 0 Å². The standard InChI is InChI=1S/C14H22FNO2/c1-11-4-5-13(10-14(11)15)12(2)16-6-3-8-18-9-7-17/h4-5,10,12,16-17H,3,6-9H2,1-2H3. The lowest BCUT2D eigenvalue weighted by Crippen LogP contribution is -2.21. The SMILES string of the molecule is Cc1ccc(C(C)NCCCOCCO)cc1F. The van der Waals surface area contributed by atoms with Crippen molar-refractivity contribution in [3.05, 3.63) is 35.1 Å². The molecule has 0 radical (unpaired) electrons. The number of hydrogen-bond donors (Lipinski definition) is 2. The summed E-state index contributed by atoms with van der Waals surface area (Å²) < 4.78 is 18.6. The molecule has 0 amide bonds. The highest BCUT2D eigenvalue weighted by molar-refractivity contribution is 5.25. The van der Waals surface area contributed by atoms with E-state index in [2.05, 4.69) is 5.32 Å². The molecule has 1 rings (SSSR count). The van der Waals surface area contributed by atoms with E-state index in [0.29, 0.717) is 18.8 Å². The van der Waals surface area contributed by atoms with Gasteiger partial charge in [0, 0.05) is 12.6 Å². The molecule has 1 unspecified atom stereocenters. The van der Waals surface area contributed by atoms with Crippen LogP contribution >= 0.6 is 0 Å². The first-order valence-electron chi connectivity index (χ1n) is 6.33. The maximum absolute atomic E-state index is 13.4. The summed E-state index contributed by atoms with van der Waals surface area (Å²) in [7, 11) is 0. The van der Waals surface area contributed by atoms with Crippen LogP contribution in [0.3, 0.4) is 0 Å². The Morgan fingerprint density at radius 3 is 2.83 bits per heavy atom. The van der Waals surface area contributed by atoms with Crippen LogP contribution in [0.25, 0.3) is 0 Å². The molecule has 102 valence electrons. The average Bonchev–Trinajstić information content (AvgIpc) is 2.36. The zero-order valence-corrected chi connectivity index (χ0v) is 11.1. The molecule has 0 aliphatic heterocycles. The minimum Gasteiger partial charge on any atom is -0.394 e. The fraction of sp³-hybridized carbons (Fsp3) is 0.571. The molecule has 18 heavy (non-hydrogen) atoms. The third-order valence-corrected chi connectivity index (χ3v) is 2.85. The quantitative estimate of drug-likeness (QED) is 0.700. The zero-order valence-electron chi connectivity index (χ0n) is 11.1. The predicted octanol–water partition coefficient (Wildman–Crippen LogP) is 2.18. The third-order valence-electron chi connectivity index (χ3n) is 2.85. The molecule has 2 N–H and O–H groups in total. The highest BCUT2D eigenvalue weighted by Gasteiger charge is 2.06. The molecule has 1 aromatic carbocycles. The van der Waals surface area contributed by atoms with Gasteiger partial charge in [0.1, 0.15) is 5.82 Å². The number of hydrogen-bond acceptors (Lipinski definition) is 3. The summed E-state index contributed by atoms with van der Waals surface area (Å²) in [6, 6.07) is 5.44. The summed E-state index contributed by atoms with van der Waals surface area (Å²) in [5.41, 5.74) is 1.62. The normalized spacial score (nSPS) is 12.7. The van der Waals surface area contributed by atoms with Crippen LogP contribution in [0, 0.1) is 12.7 Å². The van der Waals surface area contributed by atoms with E-state index >= 15 is 0 Å². The molecule has 4 heteroatoms. The molecule has 0 aromatic heterocycles. The van der Waals surface area contributed by atoms with E-state index in [1.807, 2.05) is 13.0 Å². The van der Waals surface area contributed by atoms with E-state index in [-0.39, 0.29) is 18.5 Å². The summed E-state index contributed by atoms with van der Waals surface area (Å²) in [5, 5.41) is 11.8. The van der Waals surface area contributed by atoms with E-state index in [1.165, 1.54) is 0 Å². The number of rotatable bonds is 8. The Kier molecular flexibility index (Phi) is 6.86. The van der Waals surface area contributed by atoms with Crippen molar-refractivity contribution in [1.29, 1.82) is 0 Å². The molecule has 1 aromatic rings. The molecule has 3 nitrogen and oxygen atoms in total. The van der Waals surface area contributed by atoms with Crippen molar-refractivity contribution in [2.45, 2.75) is 26.3 Å². The molecule has 0 fully saturated rings. The minimum atomic E-state index is -0.160. The first-order valence-corrected chi connectivity index (χ1v) is 6.33. The van der Waals surface area contributed by atoms with Gasteiger partial charge in [-0.25, -0.2) is 4.39 Å². The molecule has 0 bridgehead atoms. The number of halogens is 1. The van der Waals surface area contributed by atoms with E-state index in [1.54, 1.807) is 19.1 Å². The Hall–Kier alpha value is -0.970. The Morgan fingerprint density at radius 2 is 2.17 bits per heavy atom. The first kappa shape index (κ1) is 15.1. The fourth-order valence-corrected chi connectivity index (χ4v) is 1.66. The van der Waals surface area contributed by atoms with Crippen LogP contribution in [-0.4, -0.2) is 31.5 Å². The van der Waals surface area contributed by atoms with Crippen molar-refractivity contribution in [2.75, 3.05) is 26.4 Å². The van der Waals surface area contributed by atoms with Gasteiger partial charge >= 0.3 is 0 Å². The lowest BCUT2D eigenvalue weighted by molar-refractivity contribution is 0.0904. The highest BCUT2D eigenvalue weighted by Crippen LogP contribution is 2.16. The van der Waals surface area contributed by atoms with Crippen LogP contribution < -0.4 is 5.32 Å². The number of nitrogens with one attached hydrogen (secondary N) is 1. The molecule has 0 heterocycles. The second-order valence-corrected chi connectivity index (χ2v) is 4.37. The molecule has 0 spiro atoms. The maximum Gasteiger partial charge on any atom is 0.126 e. The lowest BCUT2D eigenvalue weighted by Gasteiger charge is -2.14. The van der Waals surface area contributed by atoms with Crippen LogP contribution in [0.1, 0.15) is 30.5 Å². The average molecular weight is 255 g/mol. The van der Waals surface area contributed by atoms with Crippen molar-refractivity contribution < 1.29 is 14.2 Å². The molecule has 1 atom stereocenters. The van der Waals surface area contributed by atoms with Crippen molar-refractivity contribution in [3.63, 3.8) is 0 Å². The summed E-state index contributed by atoms with van der Waals surface area (Å²) in [5.74, 6) is -0.160. The van der Waals surface area contributed by atoms with E-state index in [9.17, 15) is 4.39 Å². The van der Waals surface area contributed by atoms with Gasteiger partial charge in [-0.15, -0.1) is 0 Å². The second kappa shape index (κ2) is 8.19. The van der Waals surface area contributed by atoms with Gasteiger partial charge in [0.2, 0.25) is 0 Å². The molecule has 0 saturated heterocycles. The summed E-state index contributed by atoms with van der Waals surface area (Å²) in [6.45, 7) is 5.66. The summed E-state index contributed by atoms with van der Waals surface area (Å²) >= 11 is 0. The number of aliphatic hydroxyl groups excluding tert-OH is 1. The highest BCUT2D eigenvalue weighted by atomic mass is 19.1. The van der Waals surface area contributed by atoms with Gasteiger partial charge in [-0.2, -0.15) is 0 Å². The zero-order chi connectivity index (χ0) is 13.4. The van der Waals surface area contributed by atoms with Gasteiger partial charge in [-0.1, -0.05) is 12.1 Å². The van der Waals surface area contributed by atoms with Gasteiger partial charge in [0.25, 0.3) is 0 Å². The van der Waals surface area contributed by atoms with Crippen LogP contribution in [0.2, 0.25) is 0 Å². The Bertz CT molecular complexity index is 358. The van der Waals surface area contributed by atoms with Crippen molar-refractivity contribution >= 4 is 0 Å². The molecular weight excluding hydrogens is 233 g/mol. The largest absolute Gasteiger partial charge is 0.394 e. The fourth-order valence-electron chi connectivity index (χ4n) is 1.66. The minimum absolute atomic E-state index is 0.0620. The first-order chi connectivity index (χ1) is 8.65. The number of benzene rings is 1. The second-order valence-electron chi connectivity index (χ2n) is 4.37. The Morgan fingerprint density at radius 1 is 1.39 bits per heavy atom. The Labute approximate surface area is 108 Å². The van der Waals surface area contributed by atoms with E-state index in [4.69, 9.17) is 9.84 Å². The van der Waals surface area contributed by atoms with Gasteiger partial charge < -0.3 is 15.2 Å². The predicted molar refractivity (Wildman–Crippen MR) is 70.1 cm³/mol. The van der Waals surface area contributed by atoms with E-state index < -0.39 is 0 Å². The number of aliphatic hydroxyl groups is 1. The monoisotopic (exact) mass is 255 g/mol. The Balaban J connectivity index is 2.27. The molecule has 0 aliphatic rings. The van der Waals surface area contributed by atoms with Crippen LogP contribution in [-0.2, 0) is 4.74 Å². The number of ether oxygens (including phenoxy) is 1. The molecule has 0 aliphatic carbocycles. The number of aryl methyl sites for hydroxylation is 1. The third kappa shape index (κ3) is 5.12. The summed E-state index contributed by atoms with van der Waals surface area (Å²) in [4.78, 5) is 0. The smallest absolute Gasteiger partial charge is 0.126 e. The topological polar surface area (TPSA) is 41.5 Å². The van der Waals surface area contributed by atoms with Crippen molar-refractivity contribution in [3.8, 4) is 0 Å². The van der Waals surface area contributed by atoms with Crippen molar-refractivity contribution in [2.24, 2.45) is 0 Å². The van der Waals surface area contributed by atoms with E-state index in [0.717, 1.165) is 18.5 Å². The van der Waals surface area contributed by atoms with Gasteiger partial charge in [-0.3, -0.25) is 0 Å². The maximum atomic E-state index is 13.4.